The molecule has 0 aliphatic carbocycles. The number of hydrogen-bond acceptors (Lipinski definition) is 4. The number of methoxy groups -OCH3 is 2. The van der Waals surface area contributed by atoms with Crippen molar-refractivity contribution in [2.45, 2.75) is 12.8 Å². The average Bonchev–Trinajstić information content (AvgIpc) is 2.57. The Bertz CT molecular complexity index is 567. The van der Waals surface area contributed by atoms with Gasteiger partial charge in [-0.2, -0.15) is 0 Å². The first kappa shape index (κ1) is 17.7. The van der Waals surface area contributed by atoms with E-state index in [9.17, 15) is 4.79 Å². The molecule has 1 N–H and O–H groups in total. The number of aliphatic hydroxyl groups is 1. The summed E-state index contributed by atoms with van der Waals surface area (Å²) in [5, 5.41) is 8.68. The molecule has 0 unspecified atom stereocenters. The highest BCUT2D eigenvalue weighted by molar-refractivity contribution is 5.57. The van der Waals surface area contributed by atoms with Gasteiger partial charge in [0.2, 0.25) is 0 Å². The molecule has 0 amide bonds. The van der Waals surface area contributed by atoms with Crippen molar-refractivity contribution >= 4 is 6.29 Å². The molecule has 2 aromatic carbocycles. The molecule has 0 aliphatic rings. The van der Waals surface area contributed by atoms with Crippen LogP contribution in [-0.2, 0) is 17.6 Å². The maximum atomic E-state index is 10.2. The summed E-state index contributed by atoms with van der Waals surface area (Å²) < 4.78 is 10.1. The van der Waals surface area contributed by atoms with Crippen molar-refractivity contribution in [3.05, 3.63) is 59.7 Å². The Morgan fingerprint density at radius 3 is 1.91 bits per heavy atom. The zero-order valence-corrected chi connectivity index (χ0v) is 13.0. The van der Waals surface area contributed by atoms with Crippen LogP contribution in [0.15, 0.2) is 48.5 Å². The van der Waals surface area contributed by atoms with Gasteiger partial charge in [-0.3, -0.25) is 0 Å². The lowest BCUT2D eigenvalue weighted by Crippen LogP contribution is -1.94. The van der Waals surface area contributed by atoms with Crippen molar-refractivity contribution in [1.29, 1.82) is 0 Å². The third-order valence-corrected chi connectivity index (χ3v) is 3.07. The monoisotopic (exact) mass is 302 g/mol. The van der Waals surface area contributed by atoms with E-state index in [1.54, 1.807) is 14.2 Å². The van der Waals surface area contributed by atoms with Gasteiger partial charge in [0.1, 0.15) is 17.8 Å². The summed E-state index contributed by atoms with van der Waals surface area (Å²) in [6.07, 6.45) is 1.95. The first-order chi connectivity index (χ1) is 10.8. The molecule has 0 fully saturated rings. The number of carbonyl (C=O) groups is 1. The van der Waals surface area contributed by atoms with E-state index in [-0.39, 0.29) is 6.61 Å². The van der Waals surface area contributed by atoms with Crippen LogP contribution in [0.5, 0.6) is 11.5 Å². The van der Waals surface area contributed by atoms with Gasteiger partial charge in [-0.15, -0.1) is 0 Å². The minimum absolute atomic E-state index is 0.167. The summed E-state index contributed by atoms with van der Waals surface area (Å²) in [5.74, 6) is 1.63. The number of benzene rings is 2. The van der Waals surface area contributed by atoms with Gasteiger partial charge in [0.15, 0.2) is 0 Å². The first-order valence-electron chi connectivity index (χ1n) is 7.05. The van der Waals surface area contributed by atoms with E-state index >= 15 is 0 Å². The van der Waals surface area contributed by atoms with Crippen LogP contribution < -0.4 is 9.47 Å². The number of aliphatic hydroxyl groups excluding tert-OH is 1. The molecule has 0 radical (unpaired) electrons. The molecule has 0 saturated heterocycles. The fourth-order valence-corrected chi connectivity index (χ4v) is 1.99. The number of aldehydes is 1. The lowest BCUT2D eigenvalue weighted by atomic mass is 10.1. The first-order valence-corrected chi connectivity index (χ1v) is 7.05. The van der Waals surface area contributed by atoms with Crippen LogP contribution in [-0.4, -0.2) is 32.2 Å². The molecule has 118 valence electrons. The predicted molar refractivity (Wildman–Crippen MR) is 86.5 cm³/mol. The zero-order chi connectivity index (χ0) is 16.2. The van der Waals surface area contributed by atoms with E-state index in [1.165, 1.54) is 0 Å². The van der Waals surface area contributed by atoms with E-state index in [1.807, 2.05) is 48.5 Å². The molecule has 0 atom stereocenters. The number of ether oxygens (including phenoxy) is 2. The molecule has 0 spiro atoms. The number of para-hydroxylation sites is 2. The summed E-state index contributed by atoms with van der Waals surface area (Å²) in [5.41, 5.74) is 1.99. The molecule has 22 heavy (non-hydrogen) atoms. The van der Waals surface area contributed by atoms with Crippen molar-refractivity contribution in [3.8, 4) is 11.5 Å². The number of hydrogen-bond donors (Lipinski definition) is 1. The van der Waals surface area contributed by atoms with Crippen LogP contribution in [0.4, 0.5) is 0 Å². The van der Waals surface area contributed by atoms with Gasteiger partial charge in [0.25, 0.3) is 0 Å². The largest absolute Gasteiger partial charge is 0.496 e. The molecule has 2 aromatic rings. The van der Waals surface area contributed by atoms with Gasteiger partial charge in [0.05, 0.1) is 14.2 Å². The minimum Gasteiger partial charge on any atom is -0.496 e. The molecule has 0 saturated carbocycles. The lowest BCUT2D eigenvalue weighted by Gasteiger charge is -2.05. The lowest BCUT2D eigenvalue weighted by molar-refractivity contribution is -0.107. The average molecular weight is 302 g/mol. The summed E-state index contributed by atoms with van der Waals surface area (Å²) in [6, 6.07) is 15.2. The van der Waals surface area contributed by atoms with Gasteiger partial charge in [0, 0.05) is 18.6 Å². The minimum atomic E-state index is 0.167. The topological polar surface area (TPSA) is 55.8 Å². The summed E-state index contributed by atoms with van der Waals surface area (Å²) >= 11 is 0. The maximum absolute atomic E-state index is 10.2. The van der Waals surface area contributed by atoms with Crippen LogP contribution >= 0.6 is 0 Å². The third kappa shape index (κ3) is 5.58. The Hall–Kier alpha value is -2.33. The molecule has 4 nitrogen and oxygen atoms in total. The van der Waals surface area contributed by atoms with Crippen molar-refractivity contribution in [2.75, 3.05) is 20.8 Å². The molecular formula is C18H22O4. The normalized spacial score (nSPS) is 9.41. The van der Waals surface area contributed by atoms with Gasteiger partial charge >= 0.3 is 0 Å². The number of rotatable bonds is 6. The predicted octanol–water partition coefficient (Wildman–Crippen LogP) is 2.67. The van der Waals surface area contributed by atoms with Crippen molar-refractivity contribution in [3.63, 3.8) is 0 Å². The molecule has 2 rings (SSSR count). The molecule has 0 aromatic heterocycles. The summed E-state index contributed by atoms with van der Waals surface area (Å²) in [6.45, 7) is 0.167. The Kier molecular flexibility index (Phi) is 8.38. The highest BCUT2D eigenvalue weighted by Crippen LogP contribution is 2.17. The Morgan fingerprint density at radius 1 is 0.909 bits per heavy atom. The van der Waals surface area contributed by atoms with E-state index in [4.69, 9.17) is 14.6 Å². The summed E-state index contributed by atoms with van der Waals surface area (Å²) in [7, 11) is 3.24. The van der Waals surface area contributed by atoms with Crippen LogP contribution in [0.2, 0.25) is 0 Å². The van der Waals surface area contributed by atoms with Crippen LogP contribution in [0.3, 0.4) is 0 Å². The summed E-state index contributed by atoms with van der Waals surface area (Å²) in [4.78, 5) is 10.2. The van der Waals surface area contributed by atoms with Crippen molar-refractivity contribution in [1.82, 2.24) is 0 Å². The van der Waals surface area contributed by atoms with Crippen LogP contribution in [0, 0.1) is 0 Å². The van der Waals surface area contributed by atoms with Gasteiger partial charge < -0.3 is 19.4 Å². The van der Waals surface area contributed by atoms with Crippen molar-refractivity contribution in [2.24, 2.45) is 0 Å². The van der Waals surface area contributed by atoms with Gasteiger partial charge in [-0.1, -0.05) is 36.4 Å². The second kappa shape index (κ2) is 10.4. The van der Waals surface area contributed by atoms with Crippen molar-refractivity contribution < 1.29 is 19.4 Å². The zero-order valence-electron chi connectivity index (χ0n) is 13.0. The Balaban J connectivity index is 0.000000220. The molecule has 0 bridgehead atoms. The Morgan fingerprint density at radius 2 is 1.41 bits per heavy atom. The second-order valence-corrected chi connectivity index (χ2v) is 4.47. The molecular weight excluding hydrogens is 280 g/mol. The van der Waals surface area contributed by atoms with E-state index in [0.29, 0.717) is 12.8 Å². The van der Waals surface area contributed by atoms with E-state index < -0.39 is 0 Å². The van der Waals surface area contributed by atoms with E-state index in [0.717, 1.165) is 28.9 Å². The fraction of sp³-hybridized carbons (Fsp3) is 0.278. The highest BCUT2D eigenvalue weighted by atomic mass is 16.5. The standard InChI is InChI=1S/C9H12O2.C9H10O2/c2*1-11-9-5-3-2-4-8(9)6-7-10/h2-5,10H,6-7H2,1H3;2-5,7H,6H2,1H3. The molecule has 4 heteroatoms. The van der Waals surface area contributed by atoms with Crippen LogP contribution in [0.25, 0.3) is 0 Å². The van der Waals surface area contributed by atoms with Gasteiger partial charge in [-0.25, -0.2) is 0 Å². The van der Waals surface area contributed by atoms with E-state index in [2.05, 4.69) is 0 Å². The third-order valence-electron chi connectivity index (χ3n) is 3.07. The van der Waals surface area contributed by atoms with Crippen LogP contribution in [0.1, 0.15) is 11.1 Å². The fourth-order valence-electron chi connectivity index (χ4n) is 1.99. The quantitative estimate of drug-likeness (QED) is 0.834. The molecule has 0 aliphatic heterocycles. The van der Waals surface area contributed by atoms with Gasteiger partial charge in [-0.05, 0) is 24.1 Å². The smallest absolute Gasteiger partial charge is 0.124 e. The SMILES string of the molecule is COc1ccccc1CC=O.COc1ccccc1CCO. The molecule has 0 heterocycles. The highest BCUT2D eigenvalue weighted by Gasteiger charge is 1.99. The number of carbonyl (C=O) groups excluding carboxylic acids is 1. The Labute approximate surface area is 131 Å². The second-order valence-electron chi connectivity index (χ2n) is 4.47. The maximum Gasteiger partial charge on any atom is 0.124 e.